The molecule has 0 fully saturated rings. The van der Waals surface area contributed by atoms with Crippen LogP contribution in [0.4, 0.5) is 0 Å². The van der Waals surface area contributed by atoms with E-state index >= 15 is 0 Å². The minimum Gasteiger partial charge on any atom is -0.292 e. The van der Waals surface area contributed by atoms with Crippen molar-refractivity contribution in [3.8, 4) is 17.1 Å². The maximum atomic E-state index is 4.97. The molecule has 0 saturated heterocycles. The Labute approximate surface area is 152 Å². The van der Waals surface area contributed by atoms with Crippen LogP contribution in [-0.4, -0.2) is 9.55 Å². The molecule has 0 radical (unpaired) electrons. The van der Waals surface area contributed by atoms with Gasteiger partial charge < -0.3 is 0 Å². The fourth-order valence-electron chi connectivity index (χ4n) is 3.65. The first-order valence-electron chi connectivity index (χ1n) is 8.84. The highest BCUT2D eigenvalue weighted by molar-refractivity contribution is 5.94. The van der Waals surface area contributed by atoms with Crippen LogP contribution in [0.15, 0.2) is 91.0 Å². The molecule has 0 aliphatic carbocycles. The summed E-state index contributed by atoms with van der Waals surface area (Å²) < 4.78 is 2.28. The van der Waals surface area contributed by atoms with Gasteiger partial charge in [-0.1, -0.05) is 72.3 Å². The molecule has 26 heavy (non-hydrogen) atoms. The molecule has 4 aromatic carbocycles. The van der Waals surface area contributed by atoms with E-state index in [4.69, 9.17) is 4.98 Å². The van der Waals surface area contributed by atoms with Crippen molar-refractivity contribution >= 4 is 21.8 Å². The Morgan fingerprint density at radius 2 is 1.50 bits per heavy atom. The van der Waals surface area contributed by atoms with E-state index in [1.807, 2.05) is 6.07 Å². The predicted molar refractivity (Wildman–Crippen MR) is 109 cm³/mol. The van der Waals surface area contributed by atoms with Gasteiger partial charge in [0.25, 0.3) is 0 Å². The van der Waals surface area contributed by atoms with E-state index < -0.39 is 0 Å². The van der Waals surface area contributed by atoms with Gasteiger partial charge in [0.15, 0.2) is 0 Å². The number of benzene rings is 4. The lowest BCUT2D eigenvalue weighted by Gasteiger charge is -2.13. The Kier molecular flexibility index (Phi) is 3.36. The number of rotatable bonds is 2. The maximum Gasteiger partial charge on any atom is 0.145 e. The highest BCUT2D eigenvalue weighted by Crippen LogP contribution is 2.32. The largest absolute Gasteiger partial charge is 0.292 e. The number of fused-ring (bicyclic) bond motifs is 2. The first kappa shape index (κ1) is 14.9. The minimum atomic E-state index is 0.978. The third kappa shape index (κ3) is 2.31. The molecule has 124 valence electrons. The van der Waals surface area contributed by atoms with Crippen LogP contribution in [0.25, 0.3) is 38.9 Å². The standard InChI is InChI=1S/C24H18N2/c1-17-8-6-11-19(16-17)24-25-21-13-4-5-14-23(21)26(24)22-15-7-10-18-9-2-3-12-20(18)22/h2-16H,1H3. The zero-order chi connectivity index (χ0) is 17.5. The molecule has 1 aromatic heterocycles. The van der Waals surface area contributed by atoms with E-state index in [1.54, 1.807) is 0 Å². The van der Waals surface area contributed by atoms with Crippen LogP contribution in [0.3, 0.4) is 0 Å². The Hall–Kier alpha value is -3.39. The fraction of sp³-hybridized carbons (Fsp3) is 0.0417. The molecule has 0 unspecified atom stereocenters. The highest BCUT2D eigenvalue weighted by atomic mass is 15.1. The smallest absolute Gasteiger partial charge is 0.145 e. The van der Waals surface area contributed by atoms with Gasteiger partial charge in [-0.15, -0.1) is 0 Å². The van der Waals surface area contributed by atoms with Gasteiger partial charge in [0.1, 0.15) is 5.82 Å². The third-order valence-electron chi connectivity index (χ3n) is 4.84. The summed E-state index contributed by atoms with van der Waals surface area (Å²) in [5.41, 5.74) is 5.67. The second-order valence-electron chi connectivity index (χ2n) is 6.63. The number of nitrogens with zero attached hydrogens (tertiary/aromatic N) is 2. The van der Waals surface area contributed by atoms with Gasteiger partial charge in [-0.2, -0.15) is 0 Å². The summed E-state index contributed by atoms with van der Waals surface area (Å²) in [6, 6.07) is 31.9. The van der Waals surface area contributed by atoms with Crippen LogP contribution in [-0.2, 0) is 0 Å². The first-order chi connectivity index (χ1) is 12.8. The number of imidazole rings is 1. The molecular weight excluding hydrogens is 316 g/mol. The maximum absolute atomic E-state index is 4.97. The zero-order valence-electron chi connectivity index (χ0n) is 14.6. The van der Waals surface area contributed by atoms with Crippen LogP contribution in [0.1, 0.15) is 5.56 Å². The zero-order valence-corrected chi connectivity index (χ0v) is 14.6. The Morgan fingerprint density at radius 1 is 0.731 bits per heavy atom. The molecular formula is C24H18N2. The number of aromatic nitrogens is 2. The normalized spacial score (nSPS) is 11.3. The Morgan fingerprint density at radius 3 is 2.42 bits per heavy atom. The van der Waals surface area contributed by atoms with Crippen molar-refractivity contribution in [1.29, 1.82) is 0 Å². The molecule has 5 aromatic rings. The van der Waals surface area contributed by atoms with Crippen molar-refractivity contribution in [2.75, 3.05) is 0 Å². The van der Waals surface area contributed by atoms with E-state index in [-0.39, 0.29) is 0 Å². The molecule has 0 spiro atoms. The summed E-state index contributed by atoms with van der Waals surface area (Å²) in [6.45, 7) is 2.12. The van der Waals surface area contributed by atoms with Crippen LogP contribution in [0.5, 0.6) is 0 Å². The van der Waals surface area contributed by atoms with Crippen LogP contribution >= 0.6 is 0 Å². The third-order valence-corrected chi connectivity index (χ3v) is 4.84. The topological polar surface area (TPSA) is 17.8 Å². The quantitative estimate of drug-likeness (QED) is 0.378. The van der Waals surface area contributed by atoms with E-state index in [9.17, 15) is 0 Å². The highest BCUT2D eigenvalue weighted by Gasteiger charge is 2.15. The van der Waals surface area contributed by atoms with Crippen molar-refractivity contribution in [3.63, 3.8) is 0 Å². The summed E-state index contributed by atoms with van der Waals surface area (Å²) in [5.74, 6) is 0.978. The van der Waals surface area contributed by atoms with Crippen molar-refractivity contribution < 1.29 is 0 Å². The second kappa shape index (κ2) is 5.85. The van der Waals surface area contributed by atoms with Crippen molar-refractivity contribution in [1.82, 2.24) is 9.55 Å². The van der Waals surface area contributed by atoms with Gasteiger partial charge in [-0.25, -0.2) is 4.98 Å². The van der Waals surface area contributed by atoms with Gasteiger partial charge in [0.2, 0.25) is 0 Å². The average molecular weight is 334 g/mol. The molecule has 2 heteroatoms. The van der Waals surface area contributed by atoms with Crippen LogP contribution in [0.2, 0.25) is 0 Å². The lowest BCUT2D eigenvalue weighted by Crippen LogP contribution is -1.98. The Bertz CT molecular complexity index is 1240. The molecule has 2 nitrogen and oxygen atoms in total. The lowest BCUT2D eigenvalue weighted by molar-refractivity contribution is 1.11. The average Bonchev–Trinajstić information content (AvgIpc) is 3.07. The summed E-state index contributed by atoms with van der Waals surface area (Å²) in [6.07, 6.45) is 0. The number of hydrogen-bond acceptors (Lipinski definition) is 1. The minimum absolute atomic E-state index is 0.978. The summed E-state index contributed by atoms with van der Waals surface area (Å²) in [5, 5.41) is 2.46. The monoisotopic (exact) mass is 334 g/mol. The van der Waals surface area contributed by atoms with Crippen molar-refractivity contribution in [3.05, 3.63) is 96.6 Å². The second-order valence-corrected chi connectivity index (χ2v) is 6.63. The van der Waals surface area contributed by atoms with Crippen molar-refractivity contribution in [2.24, 2.45) is 0 Å². The molecule has 0 amide bonds. The molecule has 0 saturated carbocycles. The molecule has 0 bridgehead atoms. The van der Waals surface area contributed by atoms with Gasteiger partial charge in [0.05, 0.1) is 16.7 Å². The van der Waals surface area contributed by atoms with Gasteiger partial charge in [-0.05, 0) is 36.6 Å². The van der Waals surface area contributed by atoms with Gasteiger partial charge >= 0.3 is 0 Å². The van der Waals surface area contributed by atoms with E-state index in [0.29, 0.717) is 0 Å². The number of aryl methyl sites for hydroxylation is 1. The van der Waals surface area contributed by atoms with E-state index in [2.05, 4.69) is 96.4 Å². The molecule has 0 atom stereocenters. The molecule has 0 aliphatic heterocycles. The van der Waals surface area contributed by atoms with Gasteiger partial charge in [-0.3, -0.25) is 4.57 Å². The molecule has 0 N–H and O–H groups in total. The Balaban J connectivity index is 1.91. The summed E-state index contributed by atoms with van der Waals surface area (Å²) in [4.78, 5) is 4.97. The number of hydrogen-bond donors (Lipinski definition) is 0. The van der Waals surface area contributed by atoms with E-state index in [1.165, 1.54) is 16.3 Å². The molecule has 5 rings (SSSR count). The lowest BCUT2D eigenvalue weighted by atomic mass is 10.1. The van der Waals surface area contributed by atoms with Crippen LogP contribution in [0, 0.1) is 6.92 Å². The molecule has 1 heterocycles. The van der Waals surface area contributed by atoms with E-state index in [0.717, 1.165) is 28.1 Å². The van der Waals surface area contributed by atoms with Crippen LogP contribution < -0.4 is 0 Å². The fourth-order valence-corrected chi connectivity index (χ4v) is 3.65. The predicted octanol–water partition coefficient (Wildman–Crippen LogP) is 6.15. The summed E-state index contributed by atoms with van der Waals surface area (Å²) in [7, 11) is 0. The number of para-hydroxylation sites is 2. The summed E-state index contributed by atoms with van der Waals surface area (Å²) >= 11 is 0. The molecule has 0 aliphatic rings. The first-order valence-corrected chi connectivity index (χ1v) is 8.84. The van der Waals surface area contributed by atoms with Crippen molar-refractivity contribution in [2.45, 2.75) is 6.92 Å². The van der Waals surface area contributed by atoms with Gasteiger partial charge in [0, 0.05) is 10.9 Å². The SMILES string of the molecule is Cc1cccc(-c2nc3ccccc3n2-c2cccc3ccccc23)c1.